The van der Waals surface area contributed by atoms with Crippen LogP contribution in [0.4, 0.5) is 18.9 Å². The first-order chi connectivity index (χ1) is 9.27. The molecule has 0 amide bonds. The van der Waals surface area contributed by atoms with Gasteiger partial charge in [-0.1, -0.05) is 17.7 Å². The molecule has 2 rings (SSSR count). The lowest BCUT2D eigenvalue weighted by molar-refractivity contribution is -0.137. The third-order valence-electron chi connectivity index (χ3n) is 2.74. The number of halogens is 4. The molecule has 106 valence electrons. The molecule has 0 spiro atoms. The van der Waals surface area contributed by atoms with Crippen molar-refractivity contribution in [2.24, 2.45) is 0 Å². The molecule has 0 aliphatic carbocycles. The van der Waals surface area contributed by atoms with E-state index in [0.717, 1.165) is 17.7 Å². The number of ether oxygens (including phenoxy) is 1. The summed E-state index contributed by atoms with van der Waals surface area (Å²) in [5.41, 5.74) is 6.33. The largest absolute Gasteiger partial charge is 0.456 e. The van der Waals surface area contributed by atoms with E-state index in [2.05, 4.69) is 0 Å². The summed E-state index contributed by atoms with van der Waals surface area (Å²) in [6.45, 7) is 1.84. The van der Waals surface area contributed by atoms with Gasteiger partial charge in [0.1, 0.15) is 11.5 Å². The van der Waals surface area contributed by atoms with Crippen LogP contribution in [-0.4, -0.2) is 0 Å². The van der Waals surface area contributed by atoms with Gasteiger partial charge in [0.05, 0.1) is 10.6 Å². The number of nitrogen functional groups attached to an aromatic ring is 1. The van der Waals surface area contributed by atoms with Crippen LogP contribution in [0.5, 0.6) is 11.5 Å². The SMILES string of the molecule is Cc1ccc(Oc2ccc(C(F)(F)F)cc2Cl)cc1N. The van der Waals surface area contributed by atoms with E-state index < -0.39 is 11.7 Å². The van der Waals surface area contributed by atoms with Crippen LogP contribution in [0, 0.1) is 6.92 Å². The van der Waals surface area contributed by atoms with Crippen molar-refractivity contribution in [2.45, 2.75) is 13.1 Å². The Bertz CT molecular complexity index is 641. The van der Waals surface area contributed by atoms with Crippen molar-refractivity contribution in [2.75, 3.05) is 5.73 Å². The molecule has 0 radical (unpaired) electrons. The average Bonchev–Trinajstić information content (AvgIpc) is 2.35. The summed E-state index contributed by atoms with van der Waals surface area (Å²) in [6.07, 6.45) is -4.43. The van der Waals surface area contributed by atoms with Crippen LogP contribution in [-0.2, 0) is 6.18 Å². The topological polar surface area (TPSA) is 35.2 Å². The predicted octanol–water partition coefficient (Wildman–Crippen LogP) is 5.04. The second kappa shape index (κ2) is 5.25. The molecule has 0 aromatic heterocycles. The minimum absolute atomic E-state index is 0.112. The van der Waals surface area contributed by atoms with Crippen LogP contribution >= 0.6 is 11.6 Å². The van der Waals surface area contributed by atoms with Gasteiger partial charge in [-0.2, -0.15) is 13.2 Å². The van der Waals surface area contributed by atoms with Crippen LogP contribution in [0.1, 0.15) is 11.1 Å². The molecule has 0 atom stereocenters. The van der Waals surface area contributed by atoms with E-state index in [1.165, 1.54) is 6.07 Å². The fourth-order valence-corrected chi connectivity index (χ4v) is 1.79. The zero-order chi connectivity index (χ0) is 14.9. The summed E-state index contributed by atoms with van der Waals surface area (Å²) in [6, 6.07) is 7.93. The van der Waals surface area contributed by atoms with E-state index in [1.54, 1.807) is 18.2 Å². The molecule has 0 heterocycles. The van der Waals surface area contributed by atoms with Crippen LogP contribution in [0.15, 0.2) is 36.4 Å². The number of rotatable bonds is 2. The molecule has 6 heteroatoms. The van der Waals surface area contributed by atoms with Crippen molar-refractivity contribution < 1.29 is 17.9 Å². The fraction of sp³-hybridized carbons (Fsp3) is 0.143. The van der Waals surface area contributed by atoms with E-state index >= 15 is 0 Å². The number of nitrogens with two attached hydrogens (primary N) is 1. The number of hydrogen-bond acceptors (Lipinski definition) is 2. The lowest BCUT2D eigenvalue weighted by atomic mass is 10.2. The molecule has 0 aliphatic heterocycles. The first-order valence-corrected chi connectivity index (χ1v) is 6.06. The third-order valence-corrected chi connectivity index (χ3v) is 3.03. The monoisotopic (exact) mass is 301 g/mol. The summed E-state index contributed by atoms with van der Waals surface area (Å²) in [5.74, 6) is 0.553. The first kappa shape index (κ1) is 14.5. The molecule has 0 fully saturated rings. The maximum Gasteiger partial charge on any atom is 0.416 e. The first-order valence-electron chi connectivity index (χ1n) is 5.68. The van der Waals surface area contributed by atoms with Crippen molar-refractivity contribution in [3.8, 4) is 11.5 Å². The van der Waals surface area contributed by atoms with Crippen molar-refractivity contribution in [1.82, 2.24) is 0 Å². The standard InChI is InChI=1S/C14H11ClF3NO/c1-8-2-4-10(7-12(8)19)20-13-5-3-9(6-11(13)15)14(16,17)18/h2-7H,19H2,1H3. The summed E-state index contributed by atoms with van der Waals surface area (Å²) in [7, 11) is 0. The van der Waals surface area contributed by atoms with E-state index in [4.69, 9.17) is 22.1 Å². The third kappa shape index (κ3) is 3.17. The van der Waals surface area contributed by atoms with E-state index in [9.17, 15) is 13.2 Å². The molecule has 0 saturated carbocycles. The van der Waals surface area contributed by atoms with E-state index in [-0.39, 0.29) is 10.8 Å². The number of alkyl halides is 3. The Hall–Kier alpha value is -1.88. The van der Waals surface area contributed by atoms with Gasteiger partial charge in [0, 0.05) is 11.8 Å². The van der Waals surface area contributed by atoms with Crippen LogP contribution in [0.25, 0.3) is 0 Å². The maximum absolute atomic E-state index is 12.5. The second-order valence-corrected chi connectivity index (χ2v) is 4.67. The molecule has 0 aliphatic rings. The number of benzene rings is 2. The summed E-state index contributed by atoms with van der Waals surface area (Å²) < 4.78 is 43.0. The van der Waals surface area contributed by atoms with Gasteiger partial charge in [0.25, 0.3) is 0 Å². The lowest BCUT2D eigenvalue weighted by Gasteiger charge is -2.12. The van der Waals surface area contributed by atoms with Crippen molar-refractivity contribution in [1.29, 1.82) is 0 Å². The summed E-state index contributed by atoms with van der Waals surface area (Å²) in [5, 5.41) is -0.112. The summed E-state index contributed by atoms with van der Waals surface area (Å²) in [4.78, 5) is 0. The average molecular weight is 302 g/mol. The van der Waals surface area contributed by atoms with Gasteiger partial charge >= 0.3 is 6.18 Å². The quantitative estimate of drug-likeness (QED) is 0.789. The molecule has 0 saturated heterocycles. The summed E-state index contributed by atoms with van der Waals surface area (Å²) >= 11 is 5.80. The smallest absolute Gasteiger partial charge is 0.416 e. The van der Waals surface area contributed by atoms with E-state index in [0.29, 0.717) is 11.4 Å². The molecular weight excluding hydrogens is 291 g/mol. The van der Waals surface area contributed by atoms with Crippen LogP contribution in [0.2, 0.25) is 5.02 Å². The number of aryl methyl sites for hydroxylation is 1. The second-order valence-electron chi connectivity index (χ2n) is 4.26. The van der Waals surface area contributed by atoms with Gasteiger partial charge in [-0.15, -0.1) is 0 Å². The number of anilines is 1. The van der Waals surface area contributed by atoms with Crippen molar-refractivity contribution in [3.05, 3.63) is 52.5 Å². The lowest BCUT2D eigenvalue weighted by Crippen LogP contribution is -2.04. The van der Waals surface area contributed by atoms with Gasteiger partial charge in [-0.05, 0) is 36.8 Å². The molecule has 2 aromatic rings. The highest BCUT2D eigenvalue weighted by molar-refractivity contribution is 6.32. The Morgan fingerprint density at radius 1 is 1.10 bits per heavy atom. The Morgan fingerprint density at radius 3 is 2.35 bits per heavy atom. The Kier molecular flexibility index (Phi) is 3.81. The maximum atomic E-state index is 12.5. The molecule has 2 aromatic carbocycles. The Balaban J connectivity index is 2.28. The highest BCUT2D eigenvalue weighted by Crippen LogP contribution is 2.36. The molecule has 20 heavy (non-hydrogen) atoms. The predicted molar refractivity (Wildman–Crippen MR) is 72.1 cm³/mol. The van der Waals surface area contributed by atoms with E-state index in [1.807, 2.05) is 6.92 Å². The number of hydrogen-bond donors (Lipinski definition) is 1. The molecule has 0 bridgehead atoms. The zero-order valence-electron chi connectivity index (χ0n) is 10.5. The molecule has 2 nitrogen and oxygen atoms in total. The van der Waals surface area contributed by atoms with Crippen LogP contribution < -0.4 is 10.5 Å². The normalized spacial score (nSPS) is 11.4. The Labute approximate surface area is 118 Å². The highest BCUT2D eigenvalue weighted by atomic mass is 35.5. The molecular formula is C14H11ClF3NO. The van der Waals surface area contributed by atoms with Gasteiger partial charge in [0.2, 0.25) is 0 Å². The zero-order valence-corrected chi connectivity index (χ0v) is 11.2. The van der Waals surface area contributed by atoms with Crippen molar-refractivity contribution >= 4 is 17.3 Å². The fourth-order valence-electron chi connectivity index (χ4n) is 1.57. The van der Waals surface area contributed by atoms with Gasteiger partial charge in [-0.3, -0.25) is 0 Å². The highest BCUT2D eigenvalue weighted by Gasteiger charge is 2.31. The van der Waals surface area contributed by atoms with Gasteiger partial charge < -0.3 is 10.5 Å². The van der Waals surface area contributed by atoms with Crippen LogP contribution in [0.3, 0.4) is 0 Å². The molecule has 2 N–H and O–H groups in total. The van der Waals surface area contributed by atoms with Gasteiger partial charge in [-0.25, -0.2) is 0 Å². The van der Waals surface area contributed by atoms with Gasteiger partial charge in [0.15, 0.2) is 0 Å². The molecule has 0 unspecified atom stereocenters. The Morgan fingerprint density at radius 2 is 1.80 bits per heavy atom. The minimum atomic E-state index is -4.43. The minimum Gasteiger partial charge on any atom is -0.456 e. The van der Waals surface area contributed by atoms with Crippen molar-refractivity contribution in [3.63, 3.8) is 0 Å².